The maximum atomic E-state index is 11.3. The number of rotatable bonds is 6. The number of hydrogen-bond donors (Lipinski definition) is 2. The van der Waals surface area contributed by atoms with Gasteiger partial charge in [-0.05, 0) is 7.05 Å². The van der Waals surface area contributed by atoms with Crippen molar-refractivity contribution in [3.8, 4) is 0 Å². The summed E-state index contributed by atoms with van der Waals surface area (Å²) in [6.45, 7) is 3.91. The Morgan fingerprint density at radius 1 is 1.36 bits per heavy atom. The van der Waals surface area contributed by atoms with Crippen LogP contribution in [0.25, 0.3) is 0 Å². The topological polar surface area (TPSA) is 123 Å². The first-order valence-corrected chi connectivity index (χ1v) is 7.01. The average Bonchev–Trinajstić information content (AvgIpc) is 2.47. The van der Waals surface area contributed by atoms with Crippen LogP contribution in [0.1, 0.15) is 0 Å². The molecule has 0 aliphatic carbocycles. The van der Waals surface area contributed by atoms with Crippen LogP contribution in [-0.4, -0.2) is 73.3 Å². The standard InChI is InChI=1S/C12H21N7O3/c1-17-4-6-18(7-5-17)11-9(19(20)21)10(13)15-12(16-11)14-3-8-22-2/h3-8H2,1-2H3,(H3,13,14,15,16). The van der Waals surface area contributed by atoms with Crippen LogP contribution in [0.4, 0.5) is 23.3 Å². The molecule has 2 heterocycles. The van der Waals surface area contributed by atoms with Crippen molar-refractivity contribution in [2.75, 3.05) is 69.4 Å². The number of aromatic nitrogens is 2. The molecule has 0 bridgehead atoms. The highest BCUT2D eigenvalue weighted by Crippen LogP contribution is 2.32. The lowest BCUT2D eigenvalue weighted by atomic mass is 10.3. The SMILES string of the molecule is COCCNc1nc(N)c([N+](=O)[O-])c(N2CCN(C)CC2)n1. The Morgan fingerprint density at radius 2 is 2.05 bits per heavy atom. The Balaban J connectivity index is 2.29. The van der Waals surface area contributed by atoms with Gasteiger partial charge in [-0.15, -0.1) is 0 Å². The van der Waals surface area contributed by atoms with E-state index in [4.69, 9.17) is 10.5 Å². The first-order chi connectivity index (χ1) is 10.5. The molecule has 0 spiro atoms. The van der Waals surface area contributed by atoms with Gasteiger partial charge >= 0.3 is 5.69 Å². The molecule has 0 aromatic carbocycles. The highest BCUT2D eigenvalue weighted by atomic mass is 16.6. The molecule has 10 heteroatoms. The number of anilines is 3. The lowest BCUT2D eigenvalue weighted by Crippen LogP contribution is -2.45. The Bertz CT molecular complexity index is 532. The lowest BCUT2D eigenvalue weighted by Gasteiger charge is -2.32. The molecule has 122 valence electrons. The molecule has 1 saturated heterocycles. The number of nitrogens with zero attached hydrogens (tertiary/aromatic N) is 5. The van der Waals surface area contributed by atoms with Crippen LogP contribution < -0.4 is 16.0 Å². The third-order valence-corrected chi connectivity index (χ3v) is 3.47. The predicted molar refractivity (Wildman–Crippen MR) is 83.2 cm³/mol. The maximum Gasteiger partial charge on any atom is 0.353 e. The van der Waals surface area contributed by atoms with E-state index in [1.807, 2.05) is 11.9 Å². The summed E-state index contributed by atoms with van der Waals surface area (Å²) in [4.78, 5) is 23.0. The van der Waals surface area contributed by atoms with Crippen molar-refractivity contribution in [2.24, 2.45) is 0 Å². The number of ether oxygens (including phenoxy) is 1. The molecule has 1 aromatic rings. The van der Waals surface area contributed by atoms with E-state index in [1.165, 1.54) is 0 Å². The van der Waals surface area contributed by atoms with Crippen LogP contribution in [0.2, 0.25) is 0 Å². The van der Waals surface area contributed by atoms with Gasteiger partial charge in [0.1, 0.15) is 0 Å². The number of hydrogen-bond acceptors (Lipinski definition) is 9. The van der Waals surface area contributed by atoms with Crippen molar-refractivity contribution in [3.63, 3.8) is 0 Å². The number of nitrogens with one attached hydrogen (secondary N) is 1. The average molecular weight is 311 g/mol. The Labute approximate surface area is 128 Å². The van der Waals surface area contributed by atoms with Crippen molar-refractivity contribution in [2.45, 2.75) is 0 Å². The Morgan fingerprint density at radius 3 is 2.64 bits per heavy atom. The number of methoxy groups -OCH3 is 1. The smallest absolute Gasteiger partial charge is 0.353 e. The highest BCUT2D eigenvalue weighted by molar-refractivity contribution is 5.71. The summed E-state index contributed by atoms with van der Waals surface area (Å²) < 4.78 is 4.94. The Kier molecular flexibility index (Phi) is 5.28. The van der Waals surface area contributed by atoms with E-state index in [9.17, 15) is 10.1 Å². The van der Waals surface area contributed by atoms with Gasteiger partial charge in [0.15, 0.2) is 0 Å². The van der Waals surface area contributed by atoms with Crippen molar-refractivity contribution < 1.29 is 9.66 Å². The van der Waals surface area contributed by atoms with Crippen LogP contribution in [0.5, 0.6) is 0 Å². The summed E-state index contributed by atoms with van der Waals surface area (Å²) in [5.41, 5.74) is 5.53. The zero-order valence-electron chi connectivity index (χ0n) is 12.8. The van der Waals surface area contributed by atoms with Crippen molar-refractivity contribution >= 4 is 23.3 Å². The molecule has 1 aliphatic rings. The van der Waals surface area contributed by atoms with Gasteiger partial charge in [0.25, 0.3) is 0 Å². The van der Waals surface area contributed by atoms with E-state index in [0.29, 0.717) is 26.2 Å². The molecule has 0 saturated carbocycles. The van der Waals surface area contributed by atoms with E-state index in [2.05, 4.69) is 20.2 Å². The molecule has 10 nitrogen and oxygen atoms in total. The van der Waals surface area contributed by atoms with Crippen LogP contribution in [-0.2, 0) is 4.74 Å². The van der Waals surface area contributed by atoms with Gasteiger partial charge in [0.2, 0.25) is 17.6 Å². The van der Waals surface area contributed by atoms with Gasteiger partial charge < -0.3 is 25.6 Å². The molecule has 3 N–H and O–H groups in total. The zero-order chi connectivity index (χ0) is 16.1. The van der Waals surface area contributed by atoms with Gasteiger partial charge in [-0.2, -0.15) is 9.97 Å². The largest absolute Gasteiger partial charge is 0.383 e. The summed E-state index contributed by atoms with van der Waals surface area (Å²) in [6.07, 6.45) is 0. The van der Waals surface area contributed by atoms with E-state index < -0.39 is 4.92 Å². The second-order valence-corrected chi connectivity index (χ2v) is 5.07. The summed E-state index contributed by atoms with van der Waals surface area (Å²) in [5.74, 6) is 0.411. The third-order valence-electron chi connectivity index (χ3n) is 3.47. The van der Waals surface area contributed by atoms with Crippen LogP contribution in [0.3, 0.4) is 0 Å². The number of likely N-dealkylation sites (N-methyl/N-ethyl adjacent to an activating group) is 1. The van der Waals surface area contributed by atoms with Crippen LogP contribution in [0, 0.1) is 10.1 Å². The summed E-state index contributed by atoms with van der Waals surface area (Å²) in [5, 5.41) is 14.2. The fourth-order valence-electron chi connectivity index (χ4n) is 2.22. The van der Waals surface area contributed by atoms with Crippen molar-refractivity contribution in [3.05, 3.63) is 10.1 Å². The molecule has 1 aromatic heterocycles. The molecule has 0 radical (unpaired) electrons. The minimum absolute atomic E-state index is 0.131. The summed E-state index contributed by atoms with van der Waals surface area (Å²) >= 11 is 0. The minimum Gasteiger partial charge on any atom is -0.383 e. The minimum atomic E-state index is -0.526. The van der Waals surface area contributed by atoms with Gasteiger partial charge in [0.05, 0.1) is 11.5 Å². The predicted octanol–water partition coefficient (Wildman–Crippen LogP) is -0.223. The second-order valence-electron chi connectivity index (χ2n) is 5.07. The molecule has 22 heavy (non-hydrogen) atoms. The van der Waals surface area contributed by atoms with Gasteiger partial charge in [-0.25, -0.2) is 0 Å². The highest BCUT2D eigenvalue weighted by Gasteiger charge is 2.28. The molecule has 0 atom stereocenters. The third kappa shape index (κ3) is 3.71. The van der Waals surface area contributed by atoms with Crippen molar-refractivity contribution in [1.29, 1.82) is 0 Å². The molecule has 0 amide bonds. The summed E-state index contributed by atoms with van der Waals surface area (Å²) in [7, 11) is 3.60. The molecule has 2 rings (SSSR count). The lowest BCUT2D eigenvalue weighted by molar-refractivity contribution is -0.383. The van der Waals surface area contributed by atoms with Crippen LogP contribution >= 0.6 is 0 Å². The molecular formula is C12H21N7O3. The number of piperazine rings is 1. The fourth-order valence-corrected chi connectivity index (χ4v) is 2.22. The second kappa shape index (κ2) is 7.18. The van der Waals surface area contributed by atoms with Gasteiger partial charge in [-0.3, -0.25) is 10.1 Å². The number of nitro groups is 1. The molecule has 1 fully saturated rings. The Hall–Kier alpha value is -2.20. The van der Waals surface area contributed by atoms with E-state index in [-0.39, 0.29) is 23.3 Å². The van der Waals surface area contributed by atoms with E-state index in [1.54, 1.807) is 7.11 Å². The van der Waals surface area contributed by atoms with E-state index in [0.717, 1.165) is 13.1 Å². The van der Waals surface area contributed by atoms with Gasteiger partial charge in [-0.1, -0.05) is 0 Å². The molecule has 0 unspecified atom stereocenters. The fraction of sp³-hybridized carbons (Fsp3) is 0.667. The molecular weight excluding hydrogens is 290 g/mol. The molecule has 1 aliphatic heterocycles. The first kappa shape index (κ1) is 16.2. The first-order valence-electron chi connectivity index (χ1n) is 7.01. The zero-order valence-corrected chi connectivity index (χ0v) is 12.8. The van der Waals surface area contributed by atoms with Gasteiger partial charge in [0, 0.05) is 39.8 Å². The normalized spacial score (nSPS) is 15.8. The number of nitrogens with two attached hydrogens (primary N) is 1. The van der Waals surface area contributed by atoms with Crippen molar-refractivity contribution in [1.82, 2.24) is 14.9 Å². The quantitative estimate of drug-likeness (QED) is 0.417. The van der Waals surface area contributed by atoms with Crippen LogP contribution in [0.15, 0.2) is 0 Å². The number of nitrogen functional groups attached to an aromatic ring is 1. The van der Waals surface area contributed by atoms with E-state index >= 15 is 0 Å². The summed E-state index contributed by atoms with van der Waals surface area (Å²) in [6, 6.07) is 0. The monoisotopic (exact) mass is 311 g/mol. The maximum absolute atomic E-state index is 11.3.